The van der Waals surface area contributed by atoms with Gasteiger partial charge in [-0.15, -0.1) is 0 Å². The van der Waals surface area contributed by atoms with E-state index in [0.29, 0.717) is 0 Å². The molecule has 0 N–H and O–H groups in total. The molecule has 38 heavy (non-hydrogen) atoms. The maximum atomic E-state index is 6.54. The third-order valence-corrected chi connectivity index (χ3v) is 7.92. The Hall–Kier alpha value is -4.88. The number of fused-ring (bicyclic) bond motifs is 4. The molecule has 0 atom stereocenters. The molecule has 0 saturated heterocycles. The third kappa shape index (κ3) is 3.06. The van der Waals surface area contributed by atoms with Crippen molar-refractivity contribution in [1.29, 1.82) is 0 Å². The summed E-state index contributed by atoms with van der Waals surface area (Å²) in [6.45, 7) is 2.14. The fourth-order valence-electron chi connectivity index (χ4n) is 6.19. The van der Waals surface area contributed by atoms with Crippen LogP contribution in [-0.4, -0.2) is 0 Å². The number of benzene rings is 7. The predicted molar refractivity (Wildman–Crippen MR) is 160 cm³/mol. The third-order valence-electron chi connectivity index (χ3n) is 7.92. The highest BCUT2D eigenvalue weighted by Crippen LogP contribution is 2.49. The van der Waals surface area contributed by atoms with Crippen LogP contribution in [-0.2, 0) is 0 Å². The second kappa shape index (κ2) is 8.06. The zero-order chi connectivity index (χ0) is 25.2. The van der Waals surface area contributed by atoms with E-state index in [-0.39, 0.29) is 0 Å². The molecule has 1 heterocycles. The number of rotatable bonds is 2. The highest BCUT2D eigenvalue weighted by molar-refractivity contribution is 6.21. The van der Waals surface area contributed by atoms with Gasteiger partial charge in [0.2, 0.25) is 0 Å². The summed E-state index contributed by atoms with van der Waals surface area (Å²) in [6, 6.07) is 46.0. The van der Waals surface area contributed by atoms with E-state index in [0.717, 1.165) is 22.6 Å². The normalized spacial score (nSPS) is 12.0. The summed E-state index contributed by atoms with van der Waals surface area (Å²) in [4.78, 5) is 0. The number of ether oxygens (including phenoxy) is 1. The molecule has 7 aromatic rings. The van der Waals surface area contributed by atoms with Crippen molar-refractivity contribution < 1.29 is 4.74 Å². The molecule has 7 aromatic carbocycles. The Balaban J connectivity index is 1.42. The summed E-state index contributed by atoms with van der Waals surface area (Å²) < 4.78 is 6.54. The van der Waals surface area contributed by atoms with Crippen LogP contribution < -0.4 is 4.74 Å². The Morgan fingerprint density at radius 1 is 0.447 bits per heavy atom. The molecule has 0 saturated carbocycles. The van der Waals surface area contributed by atoms with E-state index in [1.807, 2.05) is 0 Å². The second-order valence-electron chi connectivity index (χ2n) is 10.2. The molecule has 8 rings (SSSR count). The average molecular weight is 485 g/mol. The first-order chi connectivity index (χ1) is 18.8. The molecule has 0 radical (unpaired) electrons. The topological polar surface area (TPSA) is 9.23 Å². The molecular formula is C37H24O. The summed E-state index contributed by atoms with van der Waals surface area (Å²) in [7, 11) is 0. The van der Waals surface area contributed by atoms with Gasteiger partial charge in [-0.25, -0.2) is 0 Å². The molecule has 178 valence electrons. The van der Waals surface area contributed by atoms with Crippen molar-refractivity contribution in [2.45, 2.75) is 6.92 Å². The fraction of sp³-hybridized carbons (Fsp3) is 0.0270. The lowest BCUT2D eigenvalue weighted by Crippen LogP contribution is -1.97. The van der Waals surface area contributed by atoms with Crippen LogP contribution in [0.25, 0.3) is 65.7 Å². The van der Waals surface area contributed by atoms with Crippen LogP contribution >= 0.6 is 0 Å². The van der Waals surface area contributed by atoms with Crippen LogP contribution in [0.15, 0.2) is 127 Å². The van der Waals surface area contributed by atoms with Crippen LogP contribution in [0.2, 0.25) is 0 Å². The van der Waals surface area contributed by atoms with Crippen molar-refractivity contribution in [2.75, 3.05) is 0 Å². The zero-order valence-electron chi connectivity index (χ0n) is 21.0. The molecule has 0 spiro atoms. The first kappa shape index (κ1) is 21.2. The Bertz CT molecular complexity index is 1990. The highest BCUT2D eigenvalue weighted by atomic mass is 16.5. The lowest BCUT2D eigenvalue weighted by molar-refractivity contribution is 0.487. The standard InChI is InChI=1S/C37H24O/c1-23-16-18-25(19-17-23)35-29-10-2-4-12-31(29)36(32-13-5-3-11-30(32)35)26-20-21-27-28-14-6-8-24-9-7-15-33(37(24)28)38-34(27)22-26/h2-22H,1H3. The van der Waals surface area contributed by atoms with Gasteiger partial charge in [-0.2, -0.15) is 0 Å². The van der Waals surface area contributed by atoms with E-state index in [4.69, 9.17) is 4.74 Å². The van der Waals surface area contributed by atoms with Crippen molar-refractivity contribution in [1.82, 2.24) is 0 Å². The molecule has 0 bridgehead atoms. The molecule has 1 aliphatic rings. The lowest BCUT2D eigenvalue weighted by atomic mass is 9.85. The SMILES string of the molecule is Cc1ccc(-c2c3ccccc3c(-c3ccc4c(c3)Oc3cccc5cccc-4c35)c3ccccc23)cc1. The van der Waals surface area contributed by atoms with E-state index in [2.05, 4.69) is 134 Å². The Kier molecular flexibility index (Phi) is 4.50. The van der Waals surface area contributed by atoms with Gasteiger partial charge in [0.05, 0.1) is 0 Å². The summed E-state index contributed by atoms with van der Waals surface area (Å²) >= 11 is 0. The van der Waals surface area contributed by atoms with Crippen LogP contribution in [0.3, 0.4) is 0 Å². The summed E-state index contributed by atoms with van der Waals surface area (Å²) in [6.07, 6.45) is 0. The first-order valence-electron chi connectivity index (χ1n) is 13.1. The van der Waals surface area contributed by atoms with Crippen LogP contribution in [0.4, 0.5) is 0 Å². The Morgan fingerprint density at radius 2 is 1.03 bits per heavy atom. The van der Waals surface area contributed by atoms with Gasteiger partial charge in [-0.3, -0.25) is 0 Å². The maximum Gasteiger partial charge on any atom is 0.135 e. The number of aryl methyl sites for hydroxylation is 1. The van der Waals surface area contributed by atoms with E-state index in [1.165, 1.54) is 60.1 Å². The molecular weight excluding hydrogens is 460 g/mol. The first-order valence-corrected chi connectivity index (χ1v) is 13.1. The van der Waals surface area contributed by atoms with Gasteiger partial charge in [-0.05, 0) is 79.9 Å². The average Bonchev–Trinajstić information content (AvgIpc) is 2.96. The number of hydrogen-bond acceptors (Lipinski definition) is 1. The van der Waals surface area contributed by atoms with Crippen LogP contribution in [0, 0.1) is 6.92 Å². The summed E-state index contributed by atoms with van der Waals surface area (Å²) in [5, 5.41) is 7.42. The van der Waals surface area contributed by atoms with E-state index < -0.39 is 0 Å². The molecule has 1 nitrogen and oxygen atoms in total. The van der Waals surface area contributed by atoms with Gasteiger partial charge in [0.15, 0.2) is 0 Å². The van der Waals surface area contributed by atoms with Gasteiger partial charge in [0, 0.05) is 10.9 Å². The smallest absolute Gasteiger partial charge is 0.135 e. The van der Waals surface area contributed by atoms with Crippen molar-refractivity contribution in [3.8, 4) is 44.9 Å². The van der Waals surface area contributed by atoms with Gasteiger partial charge < -0.3 is 4.74 Å². The van der Waals surface area contributed by atoms with Crippen molar-refractivity contribution >= 4 is 32.3 Å². The van der Waals surface area contributed by atoms with Crippen LogP contribution in [0.1, 0.15) is 5.56 Å². The van der Waals surface area contributed by atoms with Gasteiger partial charge in [0.1, 0.15) is 11.5 Å². The molecule has 0 fully saturated rings. The maximum absolute atomic E-state index is 6.54. The van der Waals surface area contributed by atoms with Crippen molar-refractivity contribution in [3.63, 3.8) is 0 Å². The summed E-state index contributed by atoms with van der Waals surface area (Å²) in [5.74, 6) is 1.83. The van der Waals surface area contributed by atoms with Gasteiger partial charge in [0.25, 0.3) is 0 Å². The molecule has 0 amide bonds. The van der Waals surface area contributed by atoms with E-state index in [1.54, 1.807) is 0 Å². The molecule has 0 aliphatic carbocycles. The Morgan fingerprint density at radius 3 is 1.68 bits per heavy atom. The fourth-order valence-corrected chi connectivity index (χ4v) is 6.19. The zero-order valence-corrected chi connectivity index (χ0v) is 21.0. The summed E-state index contributed by atoms with van der Waals surface area (Å²) in [5.41, 5.74) is 8.58. The number of hydrogen-bond donors (Lipinski definition) is 0. The van der Waals surface area contributed by atoms with Crippen molar-refractivity contribution in [2.24, 2.45) is 0 Å². The monoisotopic (exact) mass is 484 g/mol. The highest BCUT2D eigenvalue weighted by Gasteiger charge is 2.22. The van der Waals surface area contributed by atoms with E-state index in [9.17, 15) is 0 Å². The van der Waals surface area contributed by atoms with Crippen molar-refractivity contribution in [3.05, 3.63) is 133 Å². The predicted octanol–water partition coefficient (Wildman–Crippen LogP) is 10.6. The quantitative estimate of drug-likeness (QED) is 0.222. The molecule has 1 heteroatoms. The minimum atomic E-state index is 0.907. The van der Waals surface area contributed by atoms with Crippen LogP contribution in [0.5, 0.6) is 11.5 Å². The minimum Gasteiger partial charge on any atom is -0.456 e. The lowest BCUT2D eigenvalue weighted by Gasteiger charge is -2.23. The second-order valence-corrected chi connectivity index (χ2v) is 10.2. The largest absolute Gasteiger partial charge is 0.456 e. The molecule has 0 aromatic heterocycles. The van der Waals surface area contributed by atoms with Gasteiger partial charge >= 0.3 is 0 Å². The minimum absolute atomic E-state index is 0.907. The van der Waals surface area contributed by atoms with Gasteiger partial charge in [-0.1, -0.05) is 115 Å². The molecule has 1 aliphatic heterocycles. The Labute approximate surface area is 221 Å². The molecule has 0 unspecified atom stereocenters. The van der Waals surface area contributed by atoms with E-state index >= 15 is 0 Å².